The Kier molecular flexibility index (Phi) is 16.5. The second kappa shape index (κ2) is 18.7. The summed E-state index contributed by atoms with van der Waals surface area (Å²) >= 11 is 0. The Hall–Kier alpha value is -1.52. The fourth-order valence-corrected chi connectivity index (χ4v) is 7.86. The molecule has 4 aromatic carbocycles. The Bertz CT molecular complexity index is 1630. The quantitative estimate of drug-likeness (QED) is 0.0976. The zero-order chi connectivity index (χ0) is 32.3. The number of hydrogen-bond acceptors (Lipinski definition) is 6. The molecule has 0 spiro atoms. The molecule has 240 valence electrons. The van der Waals surface area contributed by atoms with Gasteiger partial charge in [0.1, 0.15) is 20.2 Å². The summed E-state index contributed by atoms with van der Waals surface area (Å²) in [7, 11) is -8.93. The molecule has 0 unspecified atom stereocenters. The van der Waals surface area contributed by atoms with E-state index in [-0.39, 0.29) is 47.5 Å². The Balaban J connectivity index is 0.000000307. The summed E-state index contributed by atoms with van der Waals surface area (Å²) in [5.74, 6) is 0. The number of unbranched alkanes of at least 4 members (excludes halogenated alkanes) is 4. The zero-order valence-electron chi connectivity index (χ0n) is 27.2. The van der Waals surface area contributed by atoms with Gasteiger partial charge in [0, 0.05) is 0 Å². The predicted molar refractivity (Wildman–Crippen MR) is 184 cm³/mol. The Morgan fingerprint density at radius 3 is 1.13 bits per heavy atom. The van der Waals surface area contributed by atoms with Gasteiger partial charge in [-0.15, -0.1) is 0 Å². The number of fused-ring (bicyclic) bond motifs is 2. The van der Waals surface area contributed by atoms with Crippen LogP contribution >= 0.6 is 0 Å². The smallest absolute Gasteiger partial charge is 0.744 e. The van der Waals surface area contributed by atoms with Crippen LogP contribution in [0.2, 0.25) is 0 Å². The second-order valence-corrected chi connectivity index (χ2v) is 14.1. The molecule has 0 amide bonds. The molecule has 6 nitrogen and oxygen atoms in total. The van der Waals surface area contributed by atoms with Crippen molar-refractivity contribution in [1.29, 1.82) is 0 Å². The van der Waals surface area contributed by atoms with Crippen LogP contribution in [0, 0.1) is 0 Å². The van der Waals surface area contributed by atoms with E-state index in [4.69, 9.17) is 0 Å². The Morgan fingerprint density at radius 2 is 0.822 bits per heavy atom. The molecule has 4 aromatic rings. The molecule has 0 aliphatic rings. The molecule has 0 radical (unpaired) electrons. The fraction of sp³-hybridized carbons (Fsp3) is 0.444. The summed E-state index contributed by atoms with van der Waals surface area (Å²) in [6.07, 6.45) is 9.92. The monoisotopic (exact) mass is 678 g/mol. The molecule has 0 saturated carbocycles. The van der Waals surface area contributed by atoms with Gasteiger partial charge in [-0.1, -0.05) is 102 Å². The molecule has 0 bridgehead atoms. The van der Waals surface area contributed by atoms with Crippen molar-refractivity contribution in [3.05, 3.63) is 82.9 Å². The number of aryl methyl sites for hydroxylation is 4. The fourth-order valence-electron chi connectivity index (χ4n) is 5.87. The molecule has 0 saturated heterocycles. The van der Waals surface area contributed by atoms with Crippen LogP contribution in [0.5, 0.6) is 0 Å². The average molecular weight is 679 g/mol. The minimum absolute atomic E-state index is 0. The van der Waals surface area contributed by atoms with Crippen LogP contribution in [-0.2, 0) is 45.9 Å². The van der Waals surface area contributed by atoms with Crippen LogP contribution in [0.1, 0.15) is 101 Å². The third kappa shape index (κ3) is 10.7. The average Bonchev–Trinajstić information content (AvgIpc) is 2.99. The van der Waals surface area contributed by atoms with E-state index >= 15 is 0 Å². The first kappa shape index (κ1) is 39.7. The van der Waals surface area contributed by atoms with Crippen molar-refractivity contribution >= 4 is 79.5 Å². The molecule has 45 heavy (non-hydrogen) atoms. The summed E-state index contributed by atoms with van der Waals surface area (Å²) in [6.45, 7) is 8.25. The molecule has 0 atom stereocenters. The maximum absolute atomic E-state index is 11.9. The van der Waals surface area contributed by atoms with Crippen molar-refractivity contribution in [1.82, 2.24) is 0 Å². The van der Waals surface area contributed by atoms with Gasteiger partial charge in [-0.05, 0) is 107 Å². The number of hydrogen-bond donors (Lipinski definition) is 0. The largest absolute Gasteiger partial charge is 2.00 e. The Morgan fingerprint density at radius 1 is 0.511 bits per heavy atom. The van der Waals surface area contributed by atoms with Crippen molar-refractivity contribution in [2.24, 2.45) is 0 Å². The molecule has 0 aliphatic carbocycles. The van der Waals surface area contributed by atoms with Gasteiger partial charge in [-0.3, -0.25) is 0 Å². The van der Waals surface area contributed by atoms with Crippen LogP contribution in [0.3, 0.4) is 0 Å². The van der Waals surface area contributed by atoms with E-state index in [9.17, 15) is 25.9 Å². The first-order valence-electron chi connectivity index (χ1n) is 16.0. The molecule has 0 N–H and O–H groups in total. The van der Waals surface area contributed by atoms with Gasteiger partial charge >= 0.3 is 37.7 Å². The van der Waals surface area contributed by atoms with Crippen LogP contribution in [0.25, 0.3) is 21.5 Å². The summed E-state index contributed by atoms with van der Waals surface area (Å²) < 4.78 is 71.3. The molecule has 0 fully saturated rings. The first-order chi connectivity index (χ1) is 21.0. The normalized spacial score (nSPS) is 11.7. The van der Waals surface area contributed by atoms with Gasteiger partial charge in [0.25, 0.3) is 0 Å². The molecular weight excluding hydrogens is 633 g/mol. The zero-order valence-corrected chi connectivity index (χ0v) is 31.1. The van der Waals surface area contributed by atoms with E-state index in [1.54, 1.807) is 0 Å². The van der Waals surface area contributed by atoms with E-state index < -0.39 is 20.2 Å². The second-order valence-electron chi connectivity index (χ2n) is 11.5. The Labute approximate surface area is 300 Å². The topological polar surface area (TPSA) is 114 Å². The molecule has 0 aliphatic heterocycles. The summed E-state index contributed by atoms with van der Waals surface area (Å²) in [4.78, 5) is 0.0706. The third-order valence-electron chi connectivity index (χ3n) is 8.02. The summed E-state index contributed by atoms with van der Waals surface area (Å²) in [5.41, 5.74) is 2.78. The van der Waals surface area contributed by atoms with Crippen LogP contribution in [0.15, 0.2) is 70.5 Å². The van der Waals surface area contributed by atoms with Gasteiger partial charge in [0.2, 0.25) is 0 Å². The van der Waals surface area contributed by atoms with Crippen molar-refractivity contribution < 1.29 is 25.9 Å². The van der Waals surface area contributed by atoms with E-state index in [0.717, 1.165) is 72.9 Å². The maximum Gasteiger partial charge on any atom is 2.00 e. The van der Waals surface area contributed by atoms with Crippen LogP contribution < -0.4 is 0 Å². The predicted octanol–water partition coefficient (Wildman–Crippen LogP) is 8.48. The van der Waals surface area contributed by atoms with Crippen LogP contribution in [-0.4, -0.2) is 63.7 Å². The van der Waals surface area contributed by atoms with E-state index in [0.29, 0.717) is 47.9 Å². The summed E-state index contributed by atoms with van der Waals surface area (Å²) in [6, 6.07) is 19.2. The molecule has 4 rings (SSSR count). The third-order valence-corrected chi connectivity index (χ3v) is 10.0. The molecule has 0 heterocycles. The van der Waals surface area contributed by atoms with Gasteiger partial charge in [-0.25, -0.2) is 16.8 Å². The first-order valence-corrected chi connectivity index (χ1v) is 18.8. The van der Waals surface area contributed by atoms with Crippen LogP contribution in [0.4, 0.5) is 0 Å². The van der Waals surface area contributed by atoms with Crippen molar-refractivity contribution in [3.63, 3.8) is 0 Å². The van der Waals surface area contributed by atoms with Gasteiger partial charge in [0.15, 0.2) is 0 Å². The number of rotatable bonds is 14. The molecular formula is C36H46CaO6S2. The van der Waals surface area contributed by atoms with Gasteiger partial charge in [-0.2, -0.15) is 0 Å². The van der Waals surface area contributed by atoms with E-state index in [2.05, 4.69) is 27.7 Å². The van der Waals surface area contributed by atoms with Crippen molar-refractivity contribution in [3.8, 4) is 0 Å². The number of benzene rings is 4. The van der Waals surface area contributed by atoms with Crippen molar-refractivity contribution in [2.45, 2.75) is 115 Å². The molecule has 0 aromatic heterocycles. The minimum Gasteiger partial charge on any atom is -0.744 e. The van der Waals surface area contributed by atoms with Gasteiger partial charge < -0.3 is 9.11 Å². The van der Waals surface area contributed by atoms with Crippen molar-refractivity contribution in [2.75, 3.05) is 0 Å². The maximum atomic E-state index is 11.9. The van der Waals surface area contributed by atoms with E-state index in [1.165, 1.54) is 0 Å². The standard InChI is InChI=1S/2C18H24O3S.Ca/c2*1-3-5-9-15-13-14-10-7-8-12-16(14)17(11-6-4-2)18(15)22(19,20)21;/h2*7-8,10,12-13H,3-6,9,11H2,1-2H3,(H,19,20,21);/q;;+2/p-2. The SMILES string of the molecule is CCCCc1cc2ccccc2c(CCCC)c1S(=O)(=O)[O-].CCCCc1cc2ccccc2c(CCCC)c1S(=O)(=O)[O-].[Ca+2]. The van der Waals surface area contributed by atoms with Gasteiger partial charge in [0.05, 0.1) is 9.79 Å². The van der Waals surface area contributed by atoms with E-state index in [1.807, 2.05) is 60.7 Å². The molecule has 9 heteroatoms. The summed E-state index contributed by atoms with van der Waals surface area (Å²) in [5, 5.41) is 3.83. The minimum atomic E-state index is -4.47.